The van der Waals surface area contributed by atoms with E-state index in [0.29, 0.717) is 12.5 Å². The summed E-state index contributed by atoms with van der Waals surface area (Å²) in [5, 5.41) is 15.6. The smallest absolute Gasteiger partial charge is 0.151 e. The van der Waals surface area contributed by atoms with Crippen molar-refractivity contribution in [2.75, 3.05) is 0 Å². The van der Waals surface area contributed by atoms with Crippen LogP contribution in [0.5, 0.6) is 5.75 Å². The van der Waals surface area contributed by atoms with Crippen LogP contribution in [0, 0.1) is 0 Å². The van der Waals surface area contributed by atoms with E-state index in [9.17, 15) is 0 Å². The Hall–Kier alpha value is -3.28. The summed E-state index contributed by atoms with van der Waals surface area (Å²) >= 11 is 0. The van der Waals surface area contributed by atoms with E-state index < -0.39 is 0 Å². The number of hydrogen-bond acceptors (Lipinski definition) is 5. The Morgan fingerprint density at radius 3 is 2.63 bits per heavy atom. The van der Waals surface area contributed by atoms with Gasteiger partial charge in [-0.3, -0.25) is 0 Å². The minimum Gasteiger partial charge on any atom is -0.487 e. The van der Waals surface area contributed by atoms with Crippen LogP contribution >= 0.6 is 0 Å². The lowest BCUT2D eigenvalue weighted by molar-refractivity contribution is 0.301. The van der Waals surface area contributed by atoms with Crippen molar-refractivity contribution < 1.29 is 4.74 Å². The van der Waals surface area contributed by atoms with Gasteiger partial charge in [-0.2, -0.15) is 0 Å². The number of tetrazole rings is 1. The number of H-pyrrole nitrogens is 1. The predicted molar refractivity (Wildman–Crippen MR) is 117 cm³/mol. The van der Waals surface area contributed by atoms with Gasteiger partial charge in [0.15, 0.2) is 5.82 Å². The summed E-state index contributed by atoms with van der Waals surface area (Å²) in [5.41, 5.74) is 3.25. The summed E-state index contributed by atoms with van der Waals surface area (Å²) < 4.78 is 5.93. The third-order valence-corrected chi connectivity index (χ3v) is 5.37. The number of ether oxygens (including phenoxy) is 1. The number of rotatable bonds is 10. The summed E-state index contributed by atoms with van der Waals surface area (Å²) in [6.45, 7) is 2.66. The Kier molecular flexibility index (Phi) is 6.65. The molecule has 0 fully saturated rings. The number of aromatic amines is 1. The van der Waals surface area contributed by atoms with Crippen LogP contribution in [0.25, 0.3) is 10.9 Å². The van der Waals surface area contributed by atoms with E-state index >= 15 is 0 Å². The van der Waals surface area contributed by atoms with Crippen molar-refractivity contribution in [3.05, 3.63) is 77.7 Å². The maximum atomic E-state index is 5.93. The van der Waals surface area contributed by atoms with Crippen LogP contribution in [0.4, 0.5) is 0 Å². The molecule has 1 atom stereocenters. The number of fused-ring (bicyclic) bond motifs is 1. The number of hydrogen-bond donors (Lipinski definition) is 1. The first kappa shape index (κ1) is 20.0. The molecule has 0 aliphatic carbocycles. The summed E-state index contributed by atoms with van der Waals surface area (Å²) in [4.78, 5) is 4.66. The van der Waals surface area contributed by atoms with Crippen molar-refractivity contribution in [2.45, 2.75) is 51.6 Å². The Bertz CT molecular complexity index is 1050. The van der Waals surface area contributed by atoms with E-state index in [0.717, 1.165) is 60.3 Å². The molecule has 0 saturated carbocycles. The molecule has 0 radical (unpaired) electrons. The molecule has 4 aromatic rings. The summed E-state index contributed by atoms with van der Waals surface area (Å²) in [6.07, 6.45) is 5.45. The molecule has 4 rings (SSSR count). The number of benzene rings is 2. The average Bonchev–Trinajstić information content (AvgIpc) is 3.33. The second kappa shape index (κ2) is 9.96. The first-order valence-corrected chi connectivity index (χ1v) is 10.6. The molecule has 2 aromatic carbocycles. The van der Waals surface area contributed by atoms with Crippen LogP contribution in [-0.2, 0) is 13.0 Å². The fraction of sp³-hybridized carbons (Fsp3) is 0.333. The standard InChI is InChI=1S/C24H27N5O/c1-2-6-20(24-26-28-29-27-24)9-5-7-18-11-15-22(16-12-18)30-17-21-14-13-19-8-3-4-10-23(19)25-21/h3-4,8,10-16,20H,2,5-7,9,17H2,1H3,(H,26,27,28,29). The zero-order chi connectivity index (χ0) is 20.6. The van der Waals surface area contributed by atoms with Crippen LogP contribution in [0.1, 0.15) is 55.6 Å². The van der Waals surface area contributed by atoms with Crippen molar-refractivity contribution in [1.82, 2.24) is 25.6 Å². The minimum absolute atomic E-state index is 0.405. The summed E-state index contributed by atoms with van der Waals surface area (Å²) in [6, 6.07) is 20.6. The molecule has 0 amide bonds. The zero-order valence-electron chi connectivity index (χ0n) is 17.3. The van der Waals surface area contributed by atoms with E-state index in [1.165, 1.54) is 5.56 Å². The second-order valence-electron chi connectivity index (χ2n) is 7.59. The van der Waals surface area contributed by atoms with E-state index in [1.807, 2.05) is 36.4 Å². The van der Waals surface area contributed by atoms with Crippen molar-refractivity contribution in [2.24, 2.45) is 0 Å². The molecule has 0 aliphatic rings. The molecule has 6 heteroatoms. The van der Waals surface area contributed by atoms with E-state index in [-0.39, 0.29) is 0 Å². The fourth-order valence-corrected chi connectivity index (χ4v) is 3.76. The summed E-state index contributed by atoms with van der Waals surface area (Å²) in [5.74, 6) is 2.18. The number of para-hydroxylation sites is 1. The molecule has 0 saturated heterocycles. The van der Waals surface area contributed by atoms with Crippen LogP contribution < -0.4 is 4.74 Å². The molecule has 0 bridgehead atoms. The van der Waals surface area contributed by atoms with Crippen LogP contribution in [0.2, 0.25) is 0 Å². The van der Waals surface area contributed by atoms with Gasteiger partial charge in [0.1, 0.15) is 12.4 Å². The third-order valence-electron chi connectivity index (χ3n) is 5.37. The maximum Gasteiger partial charge on any atom is 0.151 e. The predicted octanol–water partition coefficient (Wildman–Crippen LogP) is 5.23. The van der Waals surface area contributed by atoms with E-state index in [1.54, 1.807) is 0 Å². The molecule has 1 unspecified atom stereocenters. The highest BCUT2D eigenvalue weighted by Crippen LogP contribution is 2.24. The van der Waals surface area contributed by atoms with Gasteiger partial charge in [-0.15, -0.1) is 5.10 Å². The Balaban J connectivity index is 1.27. The SMILES string of the molecule is CCCC(CCCc1ccc(OCc2ccc3ccccc3n2)cc1)c1nnn[nH]1. The molecular formula is C24H27N5O. The quantitative estimate of drug-likeness (QED) is 0.393. The Morgan fingerprint density at radius 2 is 1.83 bits per heavy atom. The van der Waals surface area contributed by atoms with Gasteiger partial charge in [0.05, 0.1) is 11.2 Å². The average molecular weight is 402 g/mol. The van der Waals surface area contributed by atoms with Crippen LogP contribution in [0.3, 0.4) is 0 Å². The number of nitrogens with zero attached hydrogens (tertiary/aromatic N) is 4. The summed E-state index contributed by atoms with van der Waals surface area (Å²) in [7, 11) is 0. The lowest BCUT2D eigenvalue weighted by atomic mass is 9.95. The molecule has 2 aromatic heterocycles. The van der Waals surface area contributed by atoms with Gasteiger partial charge in [0.2, 0.25) is 0 Å². The molecular weight excluding hydrogens is 374 g/mol. The third kappa shape index (κ3) is 5.20. The fourth-order valence-electron chi connectivity index (χ4n) is 3.76. The van der Waals surface area contributed by atoms with Crippen molar-refractivity contribution >= 4 is 10.9 Å². The minimum atomic E-state index is 0.405. The zero-order valence-corrected chi connectivity index (χ0v) is 17.3. The van der Waals surface area contributed by atoms with E-state index in [4.69, 9.17) is 4.74 Å². The number of aromatic nitrogens is 5. The highest BCUT2D eigenvalue weighted by atomic mass is 16.5. The molecule has 154 valence electrons. The first-order valence-electron chi connectivity index (χ1n) is 10.6. The van der Waals surface area contributed by atoms with Gasteiger partial charge in [0, 0.05) is 11.3 Å². The normalized spacial score (nSPS) is 12.2. The van der Waals surface area contributed by atoms with E-state index in [2.05, 4.69) is 56.8 Å². The maximum absolute atomic E-state index is 5.93. The van der Waals surface area contributed by atoms with Crippen molar-refractivity contribution in [3.8, 4) is 5.75 Å². The number of pyridine rings is 1. The molecule has 2 heterocycles. The van der Waals surface area contributed by atoms with Crippen LogP contribution in [0.15, 0.2) is 60.7 Å². The molecule has 0 spiro atoms. The first-order chi connectivity index (χ1) is 14.8. The van der Waals surface area contributed by atoms with Gasteiger partial charge in [-0.05, 0) is 65.9 Å². The lowest BCUT2D eigenvalue weighted by Gasteiger charge is -2.12. The van der Waals surface area contributed by atoms with Crippen molar-refractivity contribution in [1.29, 1.82) is 0 Å². The van der Waals surface area contributed by atoms with Crippen LogP contribution in [-0.4, -0.2) is 25.6 Å². The Morgan fingerprint density at radius 1 is 0.967 bits per heavy atom. The molecule has 6 nitrogen and oxygen atoms in total. The van der Waals surface area contributed by atoms with Gasteiger partial charge >= 0.3 is 0 Å². The largest absolute Gasteiger partial charge is 0.487 e. The Labute approximate surface area is 176 Å². The monoisotopic (exact) mass is 401 g/mol. The highest BCUT2D eigenvalue weighted by Gasteiger charge is 2.14. The molecule has 0 aliphatic heterocycles. The van der Waals surface area contributed by atoms with Gasteiger partial charge < -0.3 is 4.74 Å². The van der Waals surface area contributed by atoms with Gasteiger partial charge in [0.25, 0.3) is 0 Å². The molecule has 1 N–H and O–H groups in total. The number of aryl methyl sites for hydroxylation is 1. The van der Waals surface area contributed by atoms with Crippen molar-refractivity contribution in [3.63, 3.8) is 0 Å². The molecule has 30 heavy (non-hydrogen) atoms. The highest BCUT2D eigenvalue weighted by molar-refractivity contribution is 5.78. The van der Waals surface area contributed by atoms with Gasteiger partial charge in [-0.25, -0.2) is 10.1 Å². The number of nitrogens with one attached hydrogen (secondary N) is 1. The topological polar surface area (TPSA) is 76.6 Å². The lowest BCUT2D eigenvalue weighted by Crippen LogP contribution is -2.02. The second-order valence-corrected chi connectivity index (χ2v) is 7.59. The van der Waals surface area contributed by atoms with Gasteiger partial charge in [-0.1, -0.05) is 49.7 Å².